The second-order valence-electron chi connectivity index (χ2n) is 9.42. The molecule has 6 nitrogen and oxygen atoms in total. The van der Waals surface area contributed by atoms with Crippen LogP contribution in [0.4, 0.5) is 10.5 Å². The molecule has 2 amide bonds. The van der Waals surface area contributed by atoms with Crippen LogP contribution in [0, 0.1) is 0 Å². The summed E-state index contributed by atoms with van der Waals surface area (Å²) in [5, 5.41) is 5.64. The maximum Gasteiger partial charge on any atom is 0.319 e. The Labute approximate surface area is 201 Å². The summed E-state index contributed by atoms with van der Waals surface area (Å²) in [4.78, 5) is 14.8. The first-order valence-corrected chi connectivity index (χ1v) is 13.0. The van der Waals surface area contributed by atoms with E-state index in [-0.39, 0.29) is 28.3 Å². The van der Waals surface area contributed by atoms with Gasteiger partial charge in [-0.25, -0.2) is 13.2 Å². The molecule has 0 saturated carbocycles. The number of hydrogen-bond donors (Lipinski definition) is 2. The molecule has 0 spiro atoms. The van der Waals surface area contributed by atoms with E-state index in [0.717, 1.165) is 17.7 Å². The lowest BCUT2D eigenvalue weighted by Gasteiger charge is -2.28. The van der Waals surface area contributed by atoms with Crippen LogP contribution < -0.4 is 10.6 Å². The molecule has 0 fully saturated rings. The number of nitrogens with zero attached hydrogens (tertiary/aromatic N) is 1. The standard InChI is InChI=1S/C27H31N3O3S/c1-19(21-8-6-5-7-9-21)28-26(31)29-23-11-13-24(14-12-23)34(32,33)18-20-10-15-25-22(16-20)17-30(4)27(25,2)3/h5-16,19H,17-18H2,1-4H3,(H2,28,29,31)/t19-/m1/s1. The van der Waals surface area contributed by atoms with Crippen molar-refractivity contribution >= 4 is 21.6 Å². The van der Waals surface area contributed by atoms with Crippen molar-refractivity contribution in [3.63, 3.8) is 0 Å². The molecule has 178 valence electrons. The summed E-state index contributed by atoms with van der Waals surface area (Å²) < 4.78 is 26.0. The molecule has 4 rings (SSSR count). The molecule has 0 aliphatic carbocycles. The summed E-state index contributed by atoms with van der Waals surface area (Å²) >= 11 is 0. The van der Waals surface area contributed by atoms with Gasteiger partial charge in [0.1, 0.15) is 0 Å². The highest BCUT2D eigenvalue weighted by atomic mass is 32.2. The number of benzene rings is 3. The molecule has 7 heteroatoms. The average molecular weight is 478 g/mol. The lowest BCUT2D eigenvalue weighted by molar-refractivity contribution is 0.178. The number of fused-ring (bicyclic) bond motifs is 1. The molecule has 0 saturated heterocycles. The normalized spacial score (nSPS) is 16.0. The molecule has 0 unspecified atom stereocenters. The van der Waals surface area contributed by atoms with Crippen LogP contribution in [0.1, 0.15) is 49.1 Å². The number of hydrogen-bond acceptors (Lipinski definition) is 4. The van der Waals surface area contributed by atoms with E-state index in [1.807, 2.05) is 55.5 Å². The van der Waals surface area contributed by atoms with Crippen molar-refractivity contribution in [3.8, 4) is 0 Å². The number of nitrogens with one attached hydrogen (secondary N) is 2. The summed E-state index contributed by atoms with van der Waals surface area (Å²) in [5.41, 5.74) is 4.67. The summed E-state index contributed by atoms with van der Waals surface area (Å²) in [7, 11) is -1.44. The third-order valence-corrected chi connectivity index (χ3v) is 8.37. The summed E-state index contributed by atoms with van der Waals surface area (Å²) in [6.07, 6.45) is 0. The maximum atomic E-state index is 13.0. The number of urea groups is 1. The molecule has 3 aromatic carbocycles. The van der Waals surface area contributed by atoms with Crippen LogP contribution in [0.2, 0.25) is 0 Å². The quantitative estimate of drug-likeness (QED) is 0.510. The van der Waals surface area contributed by atoms with Gasteiger partial charge in [-0.3, -0.25) is 4.90 Å². The second kappa shape index (κ2) is 9.24. The minimum absolute atomic E-state index is 0.0548. The Bertz CT molecular complexity index is 1290. The summed E-state index contributed by atoms with van der Waals surface area (Å²) in [6.45, 7) is 7.06. The van der Waals surface area contributed by atoms with Crippen LogP contribution in [-0.4, -0.2) is 26.4 Å². The summed E-state index contributed by atoms with van der Waals surface area (Å²) in [6, 6.07) is 21.4. The van der Waals surface area contributed by atoms with Crippen molar-refractivity contribution in [2.75, 3.05) is 12.4 Å². The van der Waals surface area contributed by atoms with Crippen molar-refractivity contribution < 1.29 is 13.2 Å². The fraction of sp³-hybridized carbons (Fsp3) is 0.296. The van der Waals surface area contributed by atoms with Crippen LogP contribution in [0.3, 0.4) is 0 Å². The Morgan fingerprint density at radius 2 is 1.71 bits per heavy atom. The van der Waals surface area contributed by atoms with Crippen molar-refractivity contribution in [1.82, 2.24) is 10.2 Å². The number of amides is 2. The van der Waals surface area contributed by atoms with Gasteiger partial charge in [0.2, 0.25) is 0 Å². The van der Waals surface area contributed by atoms with Gasteiger partial charge >= 0.3 is 6.03 Å². The fourth-order valence-electron chi connectivity index (χ4n) is 4.36. The third-order valence-electron chi connectivity index (χ3n) is 6.67. The van der Waals surface area contributed by atoms with Gasteiger partial charge in [-0.05, 0) is 74.3 Å². The minimum Gasteiger partial charge on any atom is -0.331 e. The predicted molar refractivity (Wildman–Crippen MR) is 135 cm³/mol. The molecule has 1 heterocycles. The highest BCUT2D eigenvalue weighted by molar-refractivity contribution is 7.90. The number of anilines is 1. The first-order valence-electron chi connectivity index (χ1n) is 11.3. The molecule has 34 heavy (non-hydrogen) atoms. The van der Waals surface area contributed by atoms with Gasteiger partial charge in [-0.15, -0.1) is 0 Å². The fourth-order valence-corrected chi connectivity index (χ4v) is 5.70. The number of rotatable bonds is 6. The highest BCUT2D eigenvalue weighted by Gasteiger charge is 2.34. The highest BCUT2D eigenvalue weighted by Crippen LogP contribution is 2.38. The average Bonchev–Trinajstić information content (AvgIpc) is 3.02. The van der Waals surface area contributed by atoms with E-state index in [1.54, 1.807) is 12.1 Å². The van der Waals surface area contributed by atoms with Gasteiger partial charge in [-0.1, -0.05) is 48.5 Å². The summed E-state index contributed by atoms with van der Waals surface area (Å²) in [5.74, 6) is -0.0632. The zero-order valence-electron chi connectivity index (χ0n) is 20.0. The molecule has 1 atom stereocenters. The molecule has 0 bridgehead atoms. The van der Waals surface area contributed by atoms with Crippen LogP contribution >= 0.6 is 0 Å². The van der Waals surface area contributed by atoms with Crippen LogP contribution in [0.5, 0.6) is 0 Å². The monoisotopic (exact) mass is 477 g/mol. The predicted octanol–water partition coefficient (Wildman–Crippen LogP) is 5.22. The lowest BCUT2D eigenvalue weighted by Crippen LogP contribution is -2.31. The Kier molecular flexibility index (Phi) is 6.51. The lowest BCUT2D eigenvalue weighted by atomic mass is 9.93. The van der Waals surface area contributed by atoms with Crippen molar-refractivity contribution in [2.24, 2.45) is 0 Å². The van der Waals surface area contributed by atoms with E-state index >= 15 is 0 Å². The van der Waals surface area contributed by atoms with Gasteiger partial charge in [0.15, 0.2) is 9.84 Å². The zero-order chi connectivity index (χ0) is 24.5. The van der Waals surface area contributed by atoms with E-state index < -0.39 is 9.84 Å². The molecule has 1 aliphatic rings. The Hall–Kier alpha value is -3.16. The maximum absolute atomic E-state index is 13.0. The first-order chi connectivity index (χ1) is 16.1. The number of sulfone groups is 1. The van der Waals surface area contributed by atoms with Gasteiger partial charge < -0.3 is 10.6 Å². The third kappa shape index (κ3) is 5.00. The number of carbonyl (C=O) groups is 1. The van der Waals surface area contributed by atoms with Crippen LogP contribution in [-0.2, 0) is 27.7 Å². The van der Waals surface area contributed by atoms with E-state index in [1.165, 1.54) is 23.3 Å². The Balaban J connectivity index is 1.40. The zero-order valence-corrected chi connectivity index (χ0v) is 20.8. The number of carbonyl (C=O) groups excluding carboxylic acids is 1. The molecule has 0 radical (unpaired) electrons. The topological polar surface area (TPSA) is 78.5 Å². The SMILES string of the molecule is C[C@@H](NC(=O)Nc1ccc(S(=O)(=O)Cc2ccc3c(c2)CN(C)C3(C)C)cc1)c1ccccc1. The first kappa shape index (κ1) is 24.0. The van der Waals surface area contributed by atoms with Gasteiger partial charge in [0, 0.05) is 17.8 Å². The van der Waals surface area contributed by atoms with Gasteiger partial charge in [-0.2, -0.15) is 0 Å². The van der Waals surface area contributed by atoms with Crippen molar-refractivity contribution in [2.45, 2.75) is 49.5 Å². The van der Waals surface area contributed by atoms with Gasteiger partial charge in [0.05, 0.1) is 16.7 Å². The molecule has 1 aliphatic heterocycles. The molecule has 2 N–H and O–H groups in total. The van der Waals surface area contributed by atoms with Crippen LogP contribution in [0.25, 0.3) is 0 Å². The molecular weight excluding hydrogens is 446 g/mol. The van der Waals surface area contributed by atoms with E-state index in [4.69, 9.17) is 0 Å². The Morgan fingerprint density at radius 1 is 1.03 bits per heavy atom. The molecular formula is C27H31N3O3S. The van der Waals surface area contributed by atoms with Crippen LogP contribution in [0.15, 0.2) is 77.7 Å². The molecule has 0 aromatic heterocycles. The van der Waals surface area contributed by atoms with Crippen molar-refractivity contribution in [3.05, 3.63) is 95.1 Å². The largest absolute Gasteiger partial charge is 0.331 e. The molecule has 3 aromatic rings. The minimum atomic E-state index is -3.52. The Morgan fingerprint density at radius 3 is 2.38 bits per heavy atom. The van der Waals surface area contributed by atoms with Crippen molar-refractivity contribution in [1.29, 1.82) is 0 Å². The van der Waals surface area contributed by atoms with E-state index in [9.17, 15) is 13.2 Å². The van der Waals surface area contributed by atoms with E-state index in [0.29, 0.717) is 5.69 Å². The second-order valence-corrected chi connectivity index (χ2v) is 11.4. The van der Waals surface area contributed by atoms with Gasteiger partial charge in [0.25, 0.3) is 0 Å². The van der Waals surface area contributed by atoms with E-state index in [2.05, 4.69) is 36.4 Å². The smallest absolute Gasteiger partial charge is 0.319 e.